The molecule has 0 N–H and O–H groups in total. The lowest BCUT2D eigenvalue weighted by Crippen LogP contribution is -2.26. The molecule has 0 atom stereocenters. The van der Waals surface area contributed by atoms with Gasteiger partial charge in [0.15, 0.2) is 23.3 Å². The van der Waals surface area contributed by atoms with Crippen molar-refractivity contribution < 1.29 is 22.3 Å². The number of ether oxygens (including phenoxy) is 1. The zero-order valence-electron chi connectivity index (χ0n) is 32.7. The molecule has 0 heterocycles. The maximum Gasteiger partial charge on any atom is 0.159 e. The third kappa shape index (κ3) is 10.9. The van der Waals surface area contributed by atoms with E-state index in [9.17, 15) is 17.6 Å². The van der Waals surface area contributed by atoms with E-state index in [4.69, 9.17) is 4.74 Å². The quantitative estimate of drug-likeness (QED) is 0.139. The lowest BCUT2D eigenvalue weighted by Gasteiger charge is -2.38. The summed E-state index contributed by atoms with van der Waals surface area (Å²) in [5.74, 6) is 2.34. The monoisotopic (exact) mass is 735 g/mol. The molecule has 5 heteroatoms. The summed E-state index contributed by atoms with van der Waals surface area (Å²) in [7, 11) is 0. The first-order chi connectivity index (χ1) is 25.8. The molecule has 2 aromatic carbocycles. The van der Waals surface area contributed by atoms with Crippen LogP contribution >= 0.6 is 0 Å². The van der Waals surface area contributed by atoms with E-state index in [1.165, 1.54) is 127 Å². The van der Waals surface area contributed by atoms with E-state index in [0.717, 1.165) is 83.5 Å². The van der Waals surface area contributed by atoms with Gasteiger partial charge in [-0.25, -0.2) is 17.6 Å². The van der Waals surface area contributed by atoms with E-state index in [-0.39, 0.29) is 0 Å². The van der Waals surface area contributed by atoms with Crippen molar-refractivity contribution in [2.24, 2.45) is 47.3 Å². The molecule has 292 valence electrons. The van der Waals surface area contributed by atoms with Crippen LogP contribution in [0.1, 0.15) is 153 Å². The molecule has 2 aromatic rings. The first-order valence-electron chi connectivity index (χ1n) is 21.7. The fourth-order valence-electron chi connectivity index (χ4n) is 11.3. The molecule has 4 saturated carbocycles. The predicted molar refractivity (Wildman–Crippen MR) is 211 cm³/mol. The molecule has 4 aliphatic rings. The van der Waals surface area contributed by atoms with Gasteiger partial charge in [0.05, 0.1) is 13.2 Å². The van der Waals surface area contributed by atoms with Crippen molar-refractivity contribution in [1.29, 1.82) is 0 Å². The number of halogens is 4. The summed E-state index contributed by atoms with van der Waals surface area (Å²) >= 11 is 0. The van der Waals surface area contributed by atoms with E-state index in [1.54, 1.807) is 12.1 Å². The van der Waals surface area contributed by atoms with Gasteiger partial charge in [0.1, 0.15) is 0 Å². The smallest absolute Gasteiger partial charge is 0.159 e. The van der Waals surface area contributed by atoms with Gasteiger partial charge in [-0.2, -0.15) is 0 Å². The Morgan fingerprint density at radius 3 is 1.15 bits per heavy atom. The first-order valence-corrected chi connectivity index (χ1v) is 21.7. The molecule has 0 unspecified atom stereocenters. The third-order valence-electron chi connectivity index (χ3n) is 14.3. The van der Waals surface area contributed by atoms with Crippen molar-refractivity contribution in [2.75, 3.05) is 13.2 Å². The van der Waals surface area contributed by atoms with Crippen LogP contribution in [0, 0.1) is 70.6 Å². The maximum atomic E-state index is 14.5. The second-order valence-electron chi connectivity index (χ2n) is 17.5. The van der Waals surface area contributed by atoms with Crippen LogP contribution in [0.2, 0.25) is 0 Å². The molecule has 0 aromatic heterocycles. The van der Waals surface area contributed by atoms with E-state index < -0.39 is 23.3 Å². The van der Waals surface area contributed by atoms with Crippen LogP contribution in [0.25, 0.3) is 11.1 Å². The van der Waals surface area contributed by atoms with Crippen LogP contribution in [-0.4, -0.2) is 13.2 Å². The lowest BCUT2D eigenvalue weighted by atomic mass is 9.67. The summed E-state index contributed by atoms with van der Waals surface area (Å²) < 4.78 is 63.2. The highest BCUT2D eigenvalue weighted by atomic mass is 19.2. The minimum absolute atomic E-state index is 0.293. The van der Waals surface area contributed by atoms with Gasteiger partial charge < -0.3 is 4.74 Å². The number of benzene rings is 2. The van der Waals surface area contributed by atoms with Crippen molar-refractivity contribution in [3.05, 3.63) is 82.9 Å². The number of rotatable bonds is 14. The molecule has 4 aliphatic carbocycles. The normalized spacial score (nSPS) is 30.4. The van der Waals surface area contributed by atoms with E-state index in [1.807, 2.05) is 0 Å². The minimum Gasteiger partial charge on any atom is -0.373 e. The molecule has 6 rings (SSSR count). The van der Waals surface area contributed by atoms with Crippen LogP contribution < -0.4 is 0 Å². The molecule has 0 radical (unpaired) electrons. The van der Waals surface area contributed by atoms with E-state index in [2.05, 4.69) is 26.0 Å². The van der Waals surface area contributed by atoms with E-state index in [0.29, 0.717) is 25.0 Å². The predicted octanol–water partition coefficient (Wildman–Crippen LogP) is 14.6. The highest BCUT2D eigenvalue weighted by Crippen LogP contribution is 2.47. The number of hydrogen-bond donors (Lipinski definition) is 0. The van der Waals surface area contributed by atoms with E-state index >= 15 is 0 Å². The Bertz CT molecular complexity index is 1370. The number of hydrogen-bond acceptors (Lipinski definition) is 1. The van der Waals surface area contributed by atoms with Gasteiger partial charge in [-0.05, 0) is 171 Å². The van der Waals surface area contributed by atoms with Crippen molar-refractivity contribution in [3.8, 4) is 0 Å². The van der Waals surface area contributed by atoms with Crippen molar-refractivity contribution in [1.82, 2.24) is 0 Å². The minimum atomic E-state index is -0.824. The standard InChI is InChI=1S/C48H66F4O/c1-3-5-33-7-11-35(12-8-33)37-15-19-39(20-16-37)43(41-23-25-45(49)47(51)31-41)27-29-53-30-28-44(42-24-26-46(50)48(52)32-42)40-21-17-38(18-22-40)36-13-9-34(6-4-2)10-14-36/h23-28,31-40H,3-22,29-30H2,1-2H3. The van der Waals surface area contributed by atoms with Gasteiger partial charge in [0.25, 0.3) is 0 Å². The van der Waals surface area contributed by atoms with Crippen LogP contribution in [0.15, 0.2) is 48.6 Å². The zero-order chi connectivity index (χ0) is 37.2. The summed E-state index contributed by atoms with van der Waals surface area (Å²) in [5.41, 5.74) is 3.59. The molecule has 0 saturated heterocycles. The van der Waals surface area contributed by atoms with Crippen LogP contribution in [0.4, 0.5) is 17.6 Å². The first kappa shape index (κ1) is 40.3. The lowest BCUT2D eigenvalue weighted by molar-refractivity contribution is 0.153. The highest BCUT2D eigenvalue weighted by Gasteiger charge is 2.34. The summed E-state index contributed by atoms with van der Waals surface area (Å²) in [4.78, 5) is 0. The molecule has 0 spiro atoms. The molecular formula is C48H66F4O. The summed E-state index contributed by atoms with van der Waals surface area (Å²) in [6.45, 7) is 5.30. The fraction of sp³-hybridized carbons (Fsp3) is 0.667. The average Bonchev–Trinajstić information content (AvgIpc) is 3.18. The summed E-state index contributed by atoms with van der Waals surface area (Å²) in [5, 5.41) is 0. The summed E-state index contributed by atoms with van der Waals surface area (Å²) in [6.07, 6.45) is 29.5. The molecule has 0 aliphatic heterocycles. The highest BCUT2D eigenvalue weighted by molar-refractivity contribution is 5.68. The molecule has 1 nitrogen and oxygen atoms in total. The Kier molecular flexibility index (Phi) is 15.2. The number of allylic oxidation sites excluding steroid dienone is 2. The van der Waals surface area contributed by atoms with Crippen molar-refractivity contribution >= 4 is 11.1 Å². The fourth-order valence-corrected chi connectivity index (χ4v) is 11.3. The Labute approximate surface area is 318 Å². The molecule has 0 bridgehead atoms. The van der Waals surface area contributed by atoms with Gasteiger partial charge in [-0.3, -0.25) is 0 Å². The Balaban J connectivity index is 1.09. The van der Waals surface area contributed by atoms with Crippen LogP contribution in [0.3, 0.4) is 0 Å². The molecular weight excluding hydrogens is 669 g/mol. The average molecular weight is 735 g/mol. The second-order valence-corrected chi connectivity index (χ2v) is 17.5. The topological polar surface area (TPSA) is 9.23 Å². The van der Waals surface area contributed by atoms with Crippen LogP contribution in [0.5, 0.6) is 0 Å². The largest absolute Gasteiger partial charge is 0.373 e. The third-order valence-corrected chi connectivity index (χ3v) is 14.3. The maximum absolute atomic E-state index is 14.5. The van der Waals surface area contributed by atoms with Crippen molar-refractivity contribution in [3.63, 3.8) is 0 Å². The van der Waals surface area contributed by atoms with Crippen LogP contribution in [-0.2, 0) is 4.74 Å². The van der Waals surface area contributed by atoms with Crippen molar-refractivity contribution in [2.45, 2.75) is 142 Å². The zero-order valence-corrected chi connectivity index (χ0v) is 32.7. The van der Waals surface area contributed by atoms with Gasteiger partial charge in [-0.15, -0.1) is 0 Å². The molecule has 4 fully saturated rings. The van der Waals surface area contributed by atoms with Gasteiger partial charge in [0, 0.05) is 0 Å². The van der Waals surface area contributed by atoms with Gasteiger partial charge in [-0.1, -0.05) is 89.5 Å². The summed E-state index contributed by atoms with van der Waals surface area (Å²) in [6, 6.07) is 8.58. The molecule has 53 heavy (non-hydrogen) atoms. The second kappa shape index (κ2) is 20.0. The Morgan fingerprint density at radius 2 is 0.830 bits per heavy atom. The van der Waals surface area contributed by atoms with Gasteiger partial charge in [0.2, 0.25) is 0 Å². The SMILES string of the molecule is CCCC1CCC(C2CCC(C(=CCOCC=C(c3ccc(F)c(F)c3)C3CCC(C4CCC(CCC)CC4)CC3)c3ccc(F)c(F)c3)CC2)CC1. The van der Waals surface area contributed by atoms with Gasteiger partial charge >= 0.3 is 0 Å². The Morgan fingerprint density at radius 1 is 0.491 bits per heavy atom. The molecule has 0 amide bonds. The Hall–Kier alpha value is -2.40.